The van der Waals surface area contributed by atoms with Gasteiger partial charge in [0, 0.05) is 250 Å². The Morgan fingerprint density at radius 3 is 1.30 bits per heavy atom. The first-order valence-electron chi connectivity index (χ1n) is 42.6. The number of amides is 10. The number of likely N-dealkylation sites (tertiary alicyclic amines) is 4. The summed E-state index contributed by atoms with van der Waals surface area (Å²) in [5, 5.41) is 30.7. The summed E-state index contributed by atoms with van der Waals surface area (Å²) in [5.41, 5.74) is 2.56. The number of nitriles is 1. The van der Waals surface area contributed by atoms with E-state index in [9.17, 15) is 38.4 Å². The van der Waals surface area contributed by atoms with Crippen molar-refractivity contribution in [1.82, 2.24) is 101 Å². The quantitative estimate of drug-likeness (QED) is 0.0424. The van der Waals surface area contributed by atoms with Gasteiger partial charge in [0.25, 0.3) is 0 Å². The van der Waals surface area contributed by atoms with Gasteiger partial charge in [0.1, 0.15) is 54.3 Å². The summed E-state index contributed by atoms with van der Waals surface area (Å²) in [6.45, 7) is 31.9. The standard InChI is InChI=1S/C18H23N9OS.C18H26N4O3.C16H23N3O2.C12H16N2O2.C10H20N4O.C9H15NO3.C2H3NO.H2/c1-20-18(28)27-3-2-13(11-27)25-4-6-26(7-5-25)16-8-15(22-12-23-16)24-17-21-10-14(9-19)29-17;1-19-17(23)22-8-7-16(13-22)20-9-11-21(12-10-20)18(24)25-14-15-5-3-2-4-6-15;20-16(21-13-14-4-2-1-3-5-14)19-10-8-18(9-11-19)15-6-7-17-12-15;15-12(14-8-6-13-7-9-14)16-10-11-4-2-1-3-5-11;1-11-10(15)14-5-2-9(8-14)13-6-3-12-4-7-13;1-9(2,3)13-8(12)10-5-4-7(11)6-10;1-3-2-4;/h8,10,12-13H,2-7,11H2,1H3,(H,20,28)(H,21,22,23,24);2-6,16H,7-14H2,1H3,(H,19,23);1-5,15,17H,6-13H2;1-5,13H,6-10H2;9,12H,2-8H2,1H3,(H,11,15);4-6H2,1-3H3;1H3;1H. The van der Waals surface area contributed by atoms with Crippen molar-refractivity contribution in [2.45, 2.75) is 102 Å². The minimum atomic E-state index is -0.483. The van der Waals surface area contributed by atoms with Crippen LogP contribution in [0, 0.1) is 11.3 Å². The van der Waals surface area contributed by atoms with Gasteiger partial charge < -0.3 is 95.4 Å². The Labute approximate surface area is 727 Å². The van der Waals surface area contributed by atoms with Crippen molar-refractivity contribution < 1.29 is 63.5 Å². The van der Waals surface area contributed by atoms with E-state index < -0.39 is 11.7 Å². The number of rotatable bonds is 13. The van der Waals surface area contributed by atoms with Crippen LogP contribution >= 0.6 is 11.3 Å². The molecule has 15 rings (SSSR count). The van der Waals surface area contributed by atoms with Crippen LogP contribution in [0.3, 0.4) is 0 Å². The van der Waals surface area contributed by atoms with Crippen molar-refractivity contribution in [1.29, 1.82) is 5.26 Å². The summed E-state index contributed by atoms with van der Waals surface area (Å²) in [4.78, 5) is 143. The molecule has 12 heterocycles. The normalized spacial score (nSPS) is 20.5. The fraction of sp³-hybridized carbons (Fsp3) is 0.588. The number of Topliss-reactive ketones (excluding diaryl/α,β-unsaturated/α-hetero) is 1. The van der Waals surface area contributed by atoms with Crippen molar-refractivity contribution in [3.8, 4) is 6.07 Å². The topological polar surface area (TPSA) is 388 Å². The third-order valence-corrected chi connectivity index (χ3v) is 23.1. The monoisotopic (exact) mass is 1720 g/mol. The van der Waals surface area contributed by atoms with Crippen molar-refractivity contribution in [3.05, 3.63) is 131 Å². The molecular formula is C85H128N24O13S. The smallest absolute Gasteiger partial charge is 0.410 e. The molecule has 7 N–H and O–H groups in total. The third-order valence-electron chi connectivity index (χ3n) is 22.3. The zero-order valence-electron chi connectivity index (χ0n) is 72.4. The Balaban J connectivity index is 0.000000186. The van der Waals surface area contributed by atoms with E-state index in [2.05, 4.69) is 87.7 Å². The van der Waals surface area contributed by atoms with Crippen LogP contribution in [0.5, 0.6) is 0 Å². The molecule has 4 atom stereocenters. The predicted molar refractivity (Wildman–Crippen MR) is 469 cm³/mol. The van der Waals surface area contributed by atoms with Gasteiger partial charge in [0.05, 0.1) is 12.7 Å². The van der Waals surface area contributed by atoms with E-state index in [0.29, 0.717) is 85.9 Å². The molecule has 38 heteroatoms. The molecule has 4 unspecified atom stereocenters. The second kappa shape index (κ2) is 51.3. The minimum Gasteiger partial charge on any atom is -0.445 e. The minimum absolute atomic E-state index is 0. The molecule has 10 aliphatic heterocycles. The van der Waals surface area contributed by atoms with Gasteiger partial charge in [0.2, 0.25) is 6.08 Å². The number of benzene rings is 3. The molecule has 3 aromatic carbocycles. The zero-order chi connectivity index (χ0) is 87.7. The van der Waals surface area contributed by atoms with Gasteiger partial charge >= 0.3 is 42.5 Å². The number of ether oxygens (including phenoxy) is 4. The predicted octanol–water partition coefficient (Wildman–Crippen LogP) is 5.67. The number of nitrogens with zero attached hydrogens (tertiary/aromatic N) is 17. The Morgan fingerprint density at radius 1 is 0.504 bits per heavy atom. The Hall–Kier alpha value is -10.9. The van der Waals surface area contributed by atoms with E-state index in [4.69, 9.17) is 29.0 Å². The van der Waals surface area contributed by atoms with Crippen molar-refractivity contribution in [3.63, 3.8) is 0 Å². The number of piperazine rings is 5. The summed E-state index contributed by atoms with van der Waals surface area (Å²) < 4.78 is 21.1. The summed E-state index contributed by atoms with van der Waals surface area (Å²) in [7, 11) is 6.42. The number of thiazole rings is 1. The summed E-state index contributed by atoms with van der Waals surface area (Å²) in [6.07, 6.45) is 8.16. The largest absolute Gasteiger partial charge is 0.445 e. The van der Waals surface area contributed by atoms with Gasteiger partial charge in [0.15, 0.2) is 10.9 Å². The van der Waals surface area contributed by atoms with Crippen LogP contribution in [-0.4, -0.2) is 377 Å². The lowest BCUT2D eigenvalue weighted by Crippen LogP contribution is -2.53. The molecule has 5 aromatic rings. The molecule has 37 nitrogen and oxygen atoms in total. The number of aliphatic imine (C=N–C) groups is 1. The van der Waals surface area contributed by atoms with Crippen LogP contribution in [-0.2, 0) is 48.4 Å². The highest BCUT2D eigenvalue weighted by Crippen LogP contribution is 2.26. The molecule has 123 heavy (non-hydrogen) atoms. The van der Waals surface area contributed by atoms with Gasteiger partial charge in [-0.2, -0.15) is 5.26 Å². The second-order valence-electron chi connectivity index (χ2n) is 31.7. The Bertz CT molecular complexity index is 4150. The van der Waals surface area contributed by atoms with Crippen LogP contribution in [0.25, 0.3) is 0 Å². The molecule has 0 saturated carbocycles. The van der Waals surface area contributed by atoms with Crippen molar-refractivity contribution >= 4 is 82.4 Å². The van der Waals surface area contributed by atoms with Gasteiger partial charge in [-0.3, -0.25) is 24.4 Å². The fourth-order valence-electron chi connectivity index (χ4n) is 15.5. The van der Waals surface area contributed by atoms with E-state index in [-0.39, 0.29) is 50.1 Å². The first-order chi connectivity index (χ1) is 59.6. The lowest BCUT2D eigenvalue weighted by atomic mass is 10.2. The number of aromatic nitrogens is 3. The first kappa shape index (κ1) is 95.9. The molecule has 10 saturated heterocycles. The maximum absolute atomic E-state index is 12.2. The van der Waals surface area contributed by atoms with E-state index in [1.54, 1.807) is 43.5 Å². The van der Waals surface area contributed by atoms with Crippen LogP contribution in [0.4, 0.5) is 50.3 Å². The van der Waals surface area contributed by atoms with Gasteiger partial charge in [-0.1, -0.05) is 102 Å². The zero-order valence-corrected chi connectivity index (χ0v) is 73.2. The SMILES string of the molecule is CC(C)(C)OC(=O)N1CCC(=O)C1.CN=C=O.CNC(=O)N1CCC(N2CCN(C(=O)OCc3ccccc3)CC2)C1.CNC(=O)N1CCC(N2CCN(c3cc(Nc4ncc(C#N)s4)ncn3)CC2)C1.CNC(=O)N1CCC(N2CCNCC2)C1.O=C(OCc1ccccc1)N1CCN(C2CCNC2)CC1.O=C(OCc1ccccc1)N1CCNCC1.[HH]. The molecule has 10 fully saturated rings. The maximum Gasteiger partial charge on any atom is 0.410 e. The number of carbonyl (C=O) groups is 8. The number of isocyanates is 1. The molecule has 672 valence electrons. The average Bonchev–Trinajstić information content (AvgIpc) is 1.33. The highest BCUT2D eigenvalue weighted by Gasteiger charge is 2.37. The first-order valence-corrected chi connectivity index (χ1v) is 43.5. The number of ketones is 1. The summed E-state index contributed by atoms with van der Waals surface area (Å²) >= 11 is 1.29. The highest BCUT2D eigenvalue weighted by molar-refractivity contribution is 7.16. The molecule has 0 bridgehead atoms. The van der Waals surface area contributed by atoms with Crippen molar-refractivity contribution in [2.24, 2.45) is 4.99 Å². The Kier molecular flexibility index (Phi) is 40.0. The number of hydrogen-bond acceptors (Lipinski definition) is 28. The second-order valence-corrected chi connectivity index (χ2v) is 32.8. The van der Waals surface area contributed by atoms with Gasteiger partial charge in [-0.25, -0.2) is 58.3 Å². The van der Waals surface area contributed by atoms with Crippen LogP contribution < -0.4 is 42.1 Å². The molecule has 0 spiro atoms. The molecule has 0 radical (unpaired) electrons. The van der Waals surface area contributed by atoms with Crippen LogP contribution in [0.1, 0.15) is 75.9 Å². The van der Waals surface area contributed by atoms with Crippen LogP contribution in [0.15, 0.2) is 115 Å². The van der Waals surface area contributed by atoms with E-state index in [0.717, 1.165) is 212 Å². The van der Waals surface area contributed by atoms with Gasteiger partial charge in [-0.05, 0) is 69.7 Å². The number of nitrogens with one attached hydrogen (secondary N) is 7. The summed E-state index contributed by atoms with van der Waals surface area (Å²) in [6, 6.07) is 35.3. The van der Waals surface area contributed by atoms with Crippen molar-refractivity contribution in [2.75, 3.05) is 235 Å². The molecular weight excluding hydrogens is 1600 g/mol. The number of anilines is 3. The molecule has 2 aromatic heterocycles. The van der Waals surface area contributed by atoms with E-state index >= 15 is 0 Å². The molecule has 0 aliphatic carbocycles. The number of carbonyl (C=O) groups excluding carboxylic acids is 9. The lowest BCUT2D eigenvalue weighted by molar-refractivity contribution is -0.117. The fourth-order valence-corrected chi connectivity index (χ4v) is 16.1. The molecule has 10 amide bonds. The maximum atomic E-state index is 12.2. The molecule has 10 aliphatic rings. The highest BCUT2D eigenvalue weighted by atomic mass is 32.1. The lowest BCUT2D eigenvalue weighted by Gasteiger charge is -2.38. The summed E-state index contributed by atoms with van der Waals surface area (Å²) in [5.74, 6) is 1.64. The van der Waals surface area contributed by atoms with E-state index in [1.165, 1.54) is 35.8 Å². The van der Waals surface area contributed by atoms with Crippen LogP contribution in [0.2, 0.25) is 0 Å². The number of hydrogen-bond donors (Lipinski definition) is 7. The average molecular weight is 1730 g/mol. The number of urea groups is 3. The Morgan fingerprint density at radius 2 is 0.919 bits per heavy atom. The van der Waals surface area contributed by atoms with Gasteiger partial charge in [-0.15, -0.1) is 0 Å². The third kappa shape index (κ3) is 32.4. The van der Waals surface area contributed by atoms with E-state index in [1.807, 2.05) is 137 Å².